The Labute approximate surface area is 102 Å². The van der Waals surface area contributed by atoms with Gasteiger partial charge in [0.25, 0.3) is 0 Å². The summed E-state index contributed by atoms with van der Waals surface area (Å²) in [6, 6.07) is 7.38. The van der Waals surface area contributed by atoms with Gasteiger partial charge >= 0.3 is 0 Å². The topological polar surface area (TPSA) is 64.3 Å². The van der Waals surface area contributed by atoms with Gasteiger partial charge in [-0.3, -0.25) is 4.79 Å². The lowest BCUT2D eigenvalue weighted by molar-refractivity contribution is -0.119. The van der Waals surface area contributed by atoms with Gasteiger partial charge in [-0.05, 0) is 32.0 Å². The third-order valence-corrected chi connectivity index (χ3v) is 2.46. The lowest BCUT2D eigenvalue weighted by Crippen LogP contribution is -2.22. The second-order valence-corrected chi connectivity index (χ2v) is 3.93. The summed E-state index contributed by atoms with van der Waals surface area (Å²) in [6.07, 6.45) is 0.691. The molecule has 4 heteroatoms. The van der Waals surface area contributed by atoms with Crippen LogP contribution >= 0.6 is 0 Å². The van der Waals surface area contributed by atoms with Crippen molar-refractivity contribution >= 4 is 11.6 Å². The highest BCUT2D eigenvalue weighted by atomic mass is 16.5. The minimum atomic E-state index is -0.0734. The number of ether oxygens (including phenoxy) is 1. The van der Waals surface area contributed by atoms with Crippen LogP contribution in [0.1, 0.15) is 20.3 Å². The van der Waals surface area contributed by atoms with E-state index in [1.54, 1.807) is 0 Å². The molecule has 17 heavy (non-hydrogen) atoms. The fourth-order valence-corrected chi connectivity index (χ4v) is 1.48. The number of benzene rings is 1. The van der Waals surface area contributed by atoms with Crippen molar-refractivity contribution in [1.29, 1.82) is 0 Å². The Kier molecular flexibility index (Phi) is 5.49. The zero-order valence-electron chi connectivity index (χ0n) is 10.4. The fraction of sp³-hybridized carbons (Fsp3) is 0.462. The van der Waals surface area contributed by atoms with E-state index in [0.29, 0.717) is 19.6 Å². The van der Waals surface area contributed by atoms with Gasteiger partial charge < -0.3 is 15.8 Å². The molecule has 0 aliphatic rings. The van der Waals surface area contributed by atoms with Crippen LogP contribution in [-0.4, -0.2) is 19.1 Å². The van der Waals surface area contributed by atoms with Crippen LogP contribution in [0.3, 0.4) is 0 Å². The van der Waals surface area contributed by atoms with Crippen molar-refractivity contribution in [2.24, 2.45) is 11.7 Å². The first-order chi connectivity index (χ1) is 8.17. The Balaban J connectivity index is 2.61. The highest BCUT2D eigenvalue weighted by Crippen LogP contribution is 2.18. The minimum absolute atomic E-state index is 0.0101. The van der Waals surface area contributed by atoms with Crippen LogP contribution in [0, 0.1) is 5.92 Å². The van der Waals surface area contributed by atoms with Crippen molar-refractivity contribution in [3.8, 4) is 5.75 Å². The van der Waals surface area contributed by atoms with E-state index in [-0.39, 0.29) is 11.8 Å². The van der Waals surface area contributed by atoms with Crippen molar-refractivity contribution in [2.75, 3.05) is 18.5 Å². The molecule has 94 valence electrons. The maximum atomic E-state index is 11.8. The third-order valence-electron chi connectivity index (χ3n) is 2.46. The molecule has 0 bridgehead atoms. The summed E-state index contributed by atoms with van der Waals surface area (Å²) in [5.74, 6) is 0.677. The second-order valence-electron chi connectivity index (χ2n) is 3.93. The molecule has 4 nitrogen and oxygen atoms in total. The molecule has 0 saturated carbocycles. The Hall–Kier alpha value is -1.55. The molecule has 1 rings (SSSR count). The van der Waals surface area contributed by atoms with E-state index in [9.17, 15) is 4.79 Å². The van der Waals surface area contributed by atoms with Gasteiger partial charge in [0.05, 0.1) is 6.61 Å². The molecule has 0 saturated heterocycles. The van der Waals surface area contributed by atoms with Gasteiger partial charge in [0.15, 0.2) is 0 Å². The monoisotopic (exact) mass is 236 g/mol. The van der Waals surface area contributed by atoms with Crippen molar-refractivity contribution < 1.29 is 9.53 Å². The molecule has 1 aromatic rings. The third kappa shape index (κ3) is 4.44. The zero-order chi connectivity index (χ0) is 12.7. The van der Waals surface area contributed by atoms with Crippen molar-refractivity contribution in [3.63, 3.8) is 0 Å². The van der Waals surface area contributed by atoms with Crippen molar-refractivity contribution in [2.45, 2.75) is 20.3 Å². The Morgan fingerprint density at radius 2 is 2.29 bits per heavy atom. The summed E-state index contributed by atoms with van der Waals surface area (Å²) in [4.78, 5) is 11.8. The van der Waals surface area contributed by atoms with Crippen LogP contribution in [0.15, 0.2) is 24.3 Å². The maximum Gasteiger partial charge on any atom is 0.227 e. The molecule has 1 atom stereocenters. The Bertz CT molecular complexity index is 366. The highest BCUT2D eigenvalue weighted by Gasteiger charge is 2.11. The average molecular weight is 236 g/mol. The van der Waals surface area contributed by atoms with Gasteiger partial charge in [0.2, 0.25) is 5.91 Å². The first-order valence-corrected chi connectivity index (χ1v) is 5.91. The van der Waals surface area contributed by atoms with Crippen LogP contribution in [-0.2, 0) is 4.79 Å². The molecule has 1 unspecified atom stereocenters. The molecule has 0 aliphatic heterocycles. The minimum Gasteiger partial charge on any atom is -0.494 e. The SMILES string of the molecule is CCOc1cccc(NC(=O)C(C)CCN)c1. The molecule has 1 aromatic carbocycles. The quantitative estimate of drug-likeness (QED) is 0.794. The summed E-state index contributed by atoms with van der Waals surface area (Å²) in [5, 5.41) is 2.85. The molecule has 3 N–H and O–H groups in total. The number of hydrogen-bond acceptors (Lipinski definition) is 3. The van der Waals surface area contributed by atoms with Crippen LogP contribution in [0.25, 0.3) is 0 Å². The predicted octanol–water partition coefficient (Wildman–Crippen LogP) is 2.01. The summed E-state index contributed by atoms with van der Waals surface area (Å²) in [5.41, 5.74) is 6.18. The fourth-order valence-electron chi connectivity index (χ4n) is 1.48. The summed E-state index contributed by atoms with van der Waals surface area (Å²) in [7, 11) is 0. The van der Waals surface area contributed by atoms with Crippen molar-refractivity contribution in [3.05, 3.63) is 24.3 Å². The van der Waals surface area contributed by atoms with Gasteiger partial charge in [0, 0.05) is 17.7 Å². The molecule has 1 amide bonds. The predicted molar refractivity (Wildman–Crippen MR) is 69.1 cm³/mol. The van der Waals surface area contributed by atoms with Gasteiger partial charge in [0.1, 0.15) is 5.75 Å². The van der Waals surface area contributed by atoms with E-state index in [1.807, 2.05) is 38.1 Å². The lowest BCUT2D eigenvalue weighted by Gasteiger charge is -2.12. The molecule has 0 fully saturated rings. The molecule has 0 spiro atoms. The molecule has 0 heterocycles. The molecular weight excluding hydrogens is 216 g/mol. The summed E-state index contributed by atoms with van der Waals surface area (Å²) >= 11 is 0. The largest absolute Gasteiger partial charge is 0.494 e. The van der Waals surface area contributed by atoms with E-state index < -0.39 is 0 Å². The number of carbonyl (C=O) groups excluding carboxylic acids is 1. The van der Waals surface area contributed by atoms with E-state index in [1.165, 1.54) is 0 Å². The number of nitrogens with one attached hydrogen (secondary N) is 1. The van der Waals surface area contributed by atoms with E-state index in [0.717, 1.165) is 11.4 Å². The van der Waals surface area contributed by atoms with Gasteiger partial charge in [-0.1, -0.05) is 13.0 Å². The van der Waals surface area contributed by atoms with Gasteiger partial charge in [-0.2, -0.15) is 0 Å². The standard InChI is InChI=1S/C13H20N2O2/c1-3-17-12-6-4-5-11(9-12)15-13(16)10(2)7-8-14/h4-6,9-10H,3,7-8,14H2,1-2H3,(H,15,16). The Morgan fingerprint density at radius 1 is 1.53 bits per heavy atom. The van der Waals surface area contributed by atoms with Gasteiger partial charge in [-0.15, -0.1) is 0 Å². The first kappa shape index (κ1) is 13.5. The zero-order valence-corrected chi connectivity index (χ0v) is 10.4. The summed E-state index contributed by atoms with van der Waals surface area (Å²) < 4.78 is 5.36. The highest BCUT2D eigenvalue weighted by molar-refractivity contribution is 5.92. The van der Waals surface area contributed by atoms with E-state index in [4.69, 9.17) is 10.5 Å². The van der Waals surface area contributed by atoms with E-state index >= 15 is 0 Å². The van der Waals surface area contributed by atoms with Crippen LogP contribution in [0.2, 0.25) is 0 Å². The number of carbonyl (C=O) groups is 1. The number of hydrogen-bond donors (Lipinski definition) is 2. The van der Waals surface area contributed by atoms with Crippen molar-refractivity contribution in [1.82, 2.24) is 0 Å². The Morgan fingerprint density at radius 3 is 2.94 bits per heavy atom. The smallest absolute Gasteiger partial charge is 0.227 e. The number of rotatable bonds is 6. The van der Waals surface area contributed by atoms with E-state index in [2.05, 4.69) is 5.32 Å². The van der Waals surface area contributed by atoms with Crippen LogP contribution in [0.5, 0.6) is 5.75 Å². The van der Waals surface area contributed by atoms with Crippen LogP contribution < -0.4 is 15.8 Å². The summed E-state index contributed by atoms with van der Waals surface area (Å²) in [6.45, 7) is 4.93. The number of anilines is 1. The molecule has 0 radical (unpaired) electrons. The molecule has 0 aromatic heterocycles. The second kappa shape index (κ2) is 6.91. The maximum absolute atomic E-state index is 11.8. The van der Waals surface area contributed by atoms with Gasteiger partial charge in [-0.25, -0.2) is 0 Å². The van der Waals surface area contributed by atoms with Crippen LogP contribution in [0.4, 0.5) is 5.69 Å². The number of nitrogens with two attached hydrogens (primary N) is 1. The number of amides is 1. The normalized spacial score (nSPS) is 11.9. The molecule has 0 aliphatic carbocycles. The lowest BCUT2D eigenvalue weighted by atomic mass is 10.1. The molecular formula is C13H20N2O2. The first-order valence-electron chi connectivity index (χ1n) is 5.91. The average Bonchev–Trinajstić information content (AvgIpc) is 2.30.